The molecule has 0 radical (unpaired) electrons. The number of halogens is 1. The van der Waals surface area contributed by atoms with Gasteiger partial charge >= 0.3 is 0 Å². The minimum atomic E-state index is 0.867. The molecule has 0 spiro atoms. The average molecular weight is 306 g/mol. The van der Waals surface area contributed by atoms with Gasteiger partial charge in [-0.15, -0.1) is 0 Å². The topological polar surface area (TPSA) is 21.1 Å². The lowest BCUT2D eigenvalue weighted by Crippen LogP contribution is -2.29. The minimum Gasteiger partial charge on any atom is -0.371 e. The smallest absolute Gasteiger partial charge is 0.128 e. The predicted octanol–water partition coefficient (Wildman–Crippen LogP) is 3.63. The van der Waals surface area contributed by atoms with Crippen molar-refractivity contribution < 1.29 is 0 Å². The second-order valence-corrected chi connectivity index (χ2v) is 5.46. The largest absolute Gasteiger partial charge is 0.371 e. The summed E-state index contributed by atoms with van der Waals surface area (Å²) >= 11 is 3.38. The Bertz CT molecular complexity index is 529. The van der Waals surface area contributed by atoms with Gasteiger partial charge in [0.05, 0.1) is 5.69 Å². The van der Waals surface area contributed by atoms with Crippen LogP contribution in [0.3, 0.4) is 0 Å². The first-order chi connectivity index (χ1) is 8.83. The lowest BCUT2D eigenvalue weighted by atomic mass is 10.1. The van der Waals surface area contributed by atoms with Gasteiger partial charge in [0.1, 0.15) is 4.60 Å². The first kappa shape index (κ1) is 11.8. The van der Waals surface area contributed by atoms with Gasteiger partial charge in [0, 0.05) is 25.0 Å². The quantitative estimate of drug-likeness (QED) is 0.845. The zero-order chi connectivity index (χ0) is 12.4. The average Bonchev–Trinajstić information content (AvgIpc) is 2.87. The molecule has 0 saturated carbocycles. The van der Waals surface area contributed by atoms with Crippen molar-refractivity contribution in [3.05, 3.63) is 41.1 Å². The molecular formula is C14H16BrN3. The van der Waals surface area contributed by atoms with Crippen molar-refractivity contribution in [2.75, 3.05) is 18.0 Å². The van der Waals surface area contributed by atoms with Crippen LogP contribution in [0.15, 0.2) is 41.1 Å². The second-order valence-electron chi connectivity index (χ2n) is 4.65. The van der Waals surface area contributed by atoms with Gasteiger partial charge in [-0.2, -0.15) is 5.10 Å². The summed E-state index contributed by atoms with van der Waals surface area (Å²) in [5, 5.41) is 4.38. The molecule has 1 aromatic carbocycles. The van der Waals surface area contributed by atoms with Gasteiger partial charge in [-0.3, -0.25) is 0 Å². The van der Waals surface area contributed by atoms with Crippen LogP contribution in [0.5, 0.6) is 0 Å². The number of hydrogen-bond donors (Lipinski definition) is 0. The van der Waals surface area contributed by atoms with E-state index in [0.29, 0.717) is 0 Å². The van der Waals surface area contributed by atoms with Crippen LogP contribution >= 0.6 is 15.9 Å². The van der Waals surface area contributed by atoms with Gasteiger partial charge in [-0.1, -0.05) is 6.07 Å². The van der Waals surface area contributed by atoms with E-state index in [1.807, 2.05) is 16.9 Å². The molecule has 0 N–H and O–H groups in total. The van der Waals surface area contributed by atoms with Crippen LogP contribution < -0.4 is 4.90 Å². The molecule has 0 atom stereocenters. The van der Waals surface area contributed by atoms with Crippen LogP contribution in [-0.4, -0.2) is 22.9 Å². The fourth-order valence-corrected chi connectivity index (χ4v) is 2.72. The zero-order valence-electron chi connectivity index (χ0n) is 10.2. The normalized spacial score (nSPS) is 15.9. The summed E-state index contributed by atoms with van der Waals surface area (Å²) in [6.45, 7) is 2.35. The highest BCUT2D eigenvalue weighted by Gasteiger charge is 2.11. The Morgan fingerprint density at radius 2 is 1.78 bits per heavy atom. The molecule has 0 bridgehead atoms. The van der Waals surface area contributed by atoms with Crippen molar-refractivity contribution in [2.45, 2.75) is 19.3 Å². The highest BCUT2D eigenvalue weighted by Crippen LogP contribution is 2.22. The molecule has 1 saturated heterocycles. The number of benzene rings is 1. The second kappa shape index (κ2) is 5.14. The molecule has 1 aliphatic heterocycles. The Balaban J connectivity index is 1.88. The molecule has 94 valence electrons. The maximum atomic E-state index is 4.38. The van der Waals surface area contributed by atoms with Crippen LogP contribution in [0.2, 0.25) is 0 Å². The summed E-state index contributed by atoms with van der Waals surface area (Å²) in [7, 11) is 0. The Kier molecular flexibility index (Phi) is 3.37. The minimum absolute atomic E-state index is 0.867. The molecule has 2 aromatic rings. The van der Waals surface area contributed by atoms with Crippen molar-refractivity contribution in [2.24, 2.45) is 0 Å². The van der Waals surface area contributed by atoms with E-state index < -0.39 is 0 Å². The predicted molar refractivity (Wildman–Crippen MR) is 77.3 cm³/mol. The molecule has 0 amide bonds. The van der Waals surface area contributed by atoms with E-state index in [1.54, 1.807) is 0 Å². The van der Waals surface area contributed by atoms with Crippen LogP contribution in [-0.2, 0) is 0 Å². The number of aromatic nitrogens is 2. The third-order valence-electron chi connectivity index (χ3n) is 3.37. The fraction of sp³-hybridized carbons (Fsp3) is 0.357. The van der Waals surface area contributed by atoms with E-state index in [0.717, 1.165) is 10.3 Å². The Hall–Kier alpha value is -1.29. The molecule has 18 heavy (non-hydrogen) atoms. The monoisotopic (exact) mass is 305 g/mol. The molecule has 4 heteroatoms. The molecule has 0 aliphatic carbocycles. The number of piperidine rings is 1. The first-order valence-electron chi connectivity index (χ1n) is 6.39. The van der Waals surface area contributed by atoms with Crippen LogP contribution in [0.25, 0.3) is 5.69 Å². The Morgan fingerprint density at radius 1 is 1.00 bits per heavy atom. The molecule has 1 aromatic heterocycles. The van der Waals surface area contributed by atoms with Crippen molar-refractivity contribution in [3.8, 4) is 5.69 Å². The van der Waals surface area contributed by atoms with Crippen LogP contribution in [0.1, 0.15) is 19.3 Å². The Labute approximate surface area is 116 Å². The SMILES string of the molecule is Brc1ccn(-c2cccc(N3CCCCC3)c2)n1. The van der Waals surface area contributed by atoms with E-state index >= 15 is 0 Å². The molecule has 1 fully saturated rings. The molecule has 3 rings (SSSR count). The molecule has 3 nitrogen and oxygen atoms in total. The Morgan fingerprint density at radius 3 is 2.50 bits per heavy atom. The molecule has 0 unspecified atom stereocenters. The van der Waals surface area contributed by atoms with Crippen LogP contribution in [0.4, 0.5) is 5.69 Å². The van der Waals surface area contributed by atoms with E-state index in [1.165, 1.54) is 38.0 Å². The fourth-order valence-electron chi connectivity index (χ4n) is 2.43. The first-order valence-corrected chi connectivity index (χ1v) is 7.19. The lowest BCUT2D eigenvalue weighted by molar-refractivity contribution is 0.577. The standard InChI is InChI=1S/C14H16BrN3/c15-14-7-10-18(16-14)13-6-4-5-12(11-13)17-8-2-1-3-9-17/h4-7,10-11H,1-3,8-9H2. The van der Waals surface area contributed by atoms with E-state index in [9.17, 15) is 0 Å². The number of anilines is 1. The zero-order valence-corrected chi connectivity index (χ0v) is 11.8. The summed E-state index contributed by atoms with van der Waals surface area (Å²) in [4.78, 5) is 2.46. The molecular weight excluding hydrogens is 290 g/mol. The van der Waals surface area contributed by atoms with Gasteiger partial charge in [0.25, 0.3) is 0 Å². The van der Waals surface area contributed by atoms with E-state index in [-0.39, 0.29) is 0 Å². The summed E-state index contributed by atoms with van der Waals surface area (Å²) in [5.41, 5.74) is 2.42. The summed E-state index contributed by atoms with van der Waals surface area (Å²) in [6.07, 6.45) is 5.94. The maximum absolute atomic E-state index is 4.38. The summed E-state index contributed by atoms with van der Waals surface area (Å²) < 4.78 is 2.77. The molecule has 2 heterocycles. The molecule has 1 aliphatic rings. The number of rotatable bonds is 2. The van der Waals surface area contributed by atoms with E-state index in [2.05, 4.69) is 50.2 Å². The maximum Gasteiger partial charge on any atom is 0.128 e. The lowest BCUT2D eigenvalue weighted by Gasteiger charge is -2.29. The van der Waals surface area contributed by atoms with E-state index in [4.69, 9.17) is 0 Å². The van der Waals surface area contributed by atoms with Gasteiger partial charge in [-0.05, 0) is 59.5 Å². The number of hydrogen-bond acceptors (Lipinski definition) is 2. The highest BCUT2D eigenvalue weighted by molar-refractivity contribution is 9.10. The summed E-state index contributed by atoms with van der Waals surface area (Å²) in [5.74, 6) is 0. The van der Waals surface area contributed by atoms with Crippen molar-refractivity contribution in [1.29, 1.82) is 0 Å². The third kappa shape index (κ3) is 2.43. The van der Waals surface area contributed by atoms with Gasteiger partial charge in [0.2, 0.25) is 0 Å². The van der Waals surface area contributed by atoms with Crippen molar-refractivity contribution in [1.82, 2.24) is 9.78 Å². The summed E-state index contributed by atoms with van der Waals surface area (Å²) in [6, 6.07) is 10.5. The van der Waals surface area contributed by atoms with Crippen molar-refractivity contribution in [3.63, 3.8) is 0 Å². The third-order valence-corrected chi connectivity index (χ3v) is 3.79. The van der Waals surface area contributed by atoms with Gasteiger partial charge < -0.3 is 4.90 Å². The van der Waals surface area contributed by atoms with Crippen molar-refractivity contribution >= 4 is 21.6 Å². The number of nitrogens with zero attached hydrogens (tertiary/aromatic N) is 3. The highest BCUT2D eigenvalue weighted by atomic mass is 79.9. The van der Waals surface area contributed by atoms with Gasteiger partial charge in [-0.25, -0.2) is 4.68 Å². The van der Waals surface area contributed by atoms with Crippen LogP contribution in [0, 0.1) is 0 Å². The van der Waals surface area contributed by atoms with Gasteiger partial charge in [0.15, 0.2) is 0 Å².